The van der Waals surface area contributed by atoms with Gasteiger partial charge < -0.3 is 14.6 Å². The van der Waals surface area contributed by atoms with Crippen molar-refractivity contribution >= 4 is 12.4 Å². The van der Waals surface area contributed by atoms with Crippen LogP contribution in [0.2, 0.25) is 0 Å². The summed E-state index contributed by atoms with van der Waals surface area (Å²) in [5, 5.41) is 7.37. The smallest absolute Gasteiger partial charge is 0.258 e. The second kappa shape index (κ2) is 5.52. The van der Waals surface area contributed by atoms with Crippen molar-refractivity contribution in [1.29, 1.82) is 0 Å². The summed E-state index contributed by atoms with van der Waals surface area (Å²) >= 11 is 0. The Morgan fingerprint density at radius 2 is 2.10 bits per heavy atom. The Morgan fingerprint density at radius 3 is 2.95 bits per heavy atom. The second-order valence-corrected chi connectivity index (χ2v) is 5.05. The van der Waals surface area contributed by atoms with Gasteiger partial charge in [0, 0.05) is 25.3 Å². The van der Waals surface area contributed by atoms with E-state index in [1.165, 1.54) is 11.1 Å². The molecule has 2 aromatic rings. The van der Waals surface area contributed by atoms with Gasteiger partial charge >= 0.3 is 0 Å². The van der Waals surface area contributed by atoms with Crippen molar-refractivity contribution in [3.05, 3.63) is 35.2 Å². The number of ether oxygens (including phenoxy) is 1. The first-order valence-corrected chi connectivity index (χ1v) is 6.68. The first-order chi connectivity index (χ1) is 9.40. The van der Waals surface area contributed by atoms with E-state index in [4.69, 9.17) is 9.26 Å². The molecule has 1 N–H and O–H groups in total. The summed E-state index contributed by atoms with van der Waals surface area (Å²) in [4.78, 5) is 4.46. The van der Waals surface area contributed by atoms with Gasteiger partial charge in [-0.3, -0.25) is 0 Å². The molecule has 0 saturated carbocycles. The third-order valence-corrected chi connectivity index (χ3v) is 3.74. The molecule has 0 spiro atoms. The SMILES string of the molecule is Cl.c1cc2c(cc1-c1nc(C3CCCO3)no1)CNC2. The van der Waals surface area contributed by atoms with Crippen LogP contribution < -0.4 is 5.32 Å². The predicted molar refractivity (Wildman–Crippen MR) is 75.5 cm³/mol. The Labute approximate surface area is 123 Å². The van der Waals surface area contributed by atoms with E-state index in [-0.39, 0.29) is 18.5 Å². The van der Waals surface area contributed by atoms with Crippen molar-refractivity contribution in [3.63, 3.8) is 0 Å². The lowest BCUT2D eigenvalue weighted by atomic mass is 10.1. The normalized spacial score (nSPS) is 20.7. The standard InChI is InChI=1S/C14H15N3O2.ClH/c1-2-12(18-5-1)13-16-14(19-17-13)9-3-4-10-7-15-8-11(10)6-9;/h3-4,6,12,15H,1-2,5,7-8H2;1H. The summed E-state index contributed by atoms with van der Waals surface area (Å²) in [6, 6.07) is 6.29. The molecule has 1 aromatic heterocycles. The van der Waals surface area contributed by atoms with Crippen molar-refractivity contribution < 1.29 is 9.26 Å². The number of hydrogen-bond acceptors (Lipinski definition) is 5. The molecule has 1 saturated heterocycles. The summed E-state index contributed by atoms with van der Waals surface area (Å²) in [5.41, 5.74) is 3.65. The Morgan fingerprint density at radius 1 is 1.20 bits per heavy atom. The van der Waals surface area contributed by atoms with Gasteiger partial charge in [0.15, 0.2) is 0 Å². The van der Waals surface area contributed by atoms with Crippen molar-refractivity contribution in [2.45, 2.75) is 32.0 Å². The third-order valence-electron chi connectivity index (χ3n) is 3.74. The van der Waals surface area contributed by atoms with Crippen LogP contribution in [0.25, 0.3) is 11.5 Å². The number of nitrogens with one attached hydrogen (secondary N) is 1. The number of halogens is 1. The molecule has 0 bridgehead atoms. The van der Waals surface area contributed by atoms with Crippen LogP contribution in [0.15, 0.2) is 22.7 Å². The number of fused-ring (bicyclic) bond motifs is 1. The van der Waals surface area contributed by atoms with E-state index >= 15 is 0 Å². The molecule has 0 radical (unpaired) electrons. The summed E-state index contributed by atoms with van der Waals surface area (Å²) in [6.07, 6.45) is 2.06. The molecule has 1 fully saturated rings. The molecule has 5 nitrogen and oxygen atoms in total. The van der Waals surface area contributed by atoms with E-state index < -0.39 is 0 Å². The van der Waals surface area contributed by atoms with Crippen LogP contribution in [0.4, 0.5) is 0 Å². The van der Waals surface area contributed by atoms with E-state index in [2.05, 4.69) is 27.6 Å². The first-order valence-electron chi connectivity index (χ1n) is 6.68. The topological polar surface area (TPSA) is 60.2 Å². The second-order valence-electron chi connectivity index (χ2n) is 5.05. The van der Waals surface area contributed by atoms with Crippen molar-refractivity contribution in [2.75, 3.05) is 6.61 Å². The maximum Gasteiger partial charge on any atom is 0.258 e. The van der Waals surface area contributed by atoms with E-state index in [1.54, 1.807) is 0 Å². The third kappa shape index (κ3) is 2.32. The number of rotatable bonds is 2. The van der Waals surface area contributed by atoms with Gasteiger partial charge in [0.05, 0.1) is 0 Å². The zero-order valence-electron chi connectivity index (χ0n) is 11.0. The van der Waals surface area contributed by atoms with Gasteiger partial charge in [0.25, 0.3) is 5.89 Å². The molecule has 2 aliphatic rings. The van der Waals surface area contributed by atoms with Gasteiger partial charge in [-0.2, -0.15) is 4.98 Å². The molecule has 1 aromatic carbocycles. The minimum absolute atomic E-state index is 0. The van der Waals surface area contributed by atoms with Crippen molar-refractivity contribution in [2.24, 2.45) is 0 Å². The fourth-order valence-corrected chi connectivity index (χ4v) is 2.69. The Hall–Kier alpha value is -1.43. The van der Waals surface area contributed by atoms with Gasteiger partial charge in [-0.1, -0.05) is 11.2 Å². The zero-order chi connectivity index (χ0) is 12.7. The van der Waals surface area contributed by atoms with Gasteiger partial charge in [-0.05, 0) is 36.1 Å². The molecule has 1 atom stereocenters. The van der Waals surface area contributed by atoms with Gasteiger partial charge in [0.2, 0.25) is 5.82 Å². The molecule has 0 amide bonds. The number of hydrogen-bond donors (Lipinski definition) is 1. The lowest BCUT2D eigenvalue weighted by Gasteiger charge is -2.01. The highest BCUT2D eigenvalue weighted by molar-refractivity contribution is 5.85. The molecule has 20 heavy (non-hydrogen) atoms. The largest absolute Gasteiger partial charge is 0.370 e. The van der Waals surface area contributed by atoms with Crippen LogP contribution in [0.5, 0.6) is 0 Å². The van der Waals surface area contributed by atoms with Crippen LogP contribution in [-0.4, -0.2) is 16.7 Å². The van der Waals surface area contributed by atoms with Crippen LogP contribution >= 0.6 is 12.4 Å². The van der Waals surface area contributed by atoms with E-state index in [1.807, 2.05) is 6.07 Å². The van der Waals surface area contributed by atoms with Gasteiger partial charge in [-0.25, -0.2) is 0 Å². The molecule has 106 valence electrons. The predicted octanol–water partition coefficient (Wildman–Crippen LogP) is 2.61. The maximum absolute atomic E-state index is 5.57. The van der Waals surface area contributed by atoms with Crippen LogP contribution in [-0.2, 0) is 17.8 Å². The quantitative estimate of drug-likeness (QED) is 0.922. The minimum atomic E-state index is 0. The van der Waals surface area contributed by atoms with Crippen LogP contribution in [0.1, 0.15) is 35.9 Å². The summed E-state index contributed by atoms with van der Waals surface area (Å²) < 4.78 is 10.9. The number of benzene rings is 1. The molecule has 1 unspecified atom stereocenters. The molecular formula is C14H16ClN3O2. The molecule has 6 heteroatoms. The lowest BCUT2D eigenvalue weighted by molar-refractivity contribution is 0.103. The highest BCUT2D eigenvalue weighted by Gasteiger charge is 2.23. The van der Waals surface area contributed by atoms with Crippen LogP contribution in [0.3, 0.4) is 0 Å². The van der Waals surface area contributed by atoms with E-state index in [0.717, 1.165) is 38.1 Å². The number of nitrogens with zero attached hydrogens (tertiary/aromatic N) is 2. The molecule has 2 aliphatic heterocycles. The minimum Gasteiger partial charge on any atom is -0.370 e. The van der Waals surface area contributed by atoms with E-state index in [9.17, 15) is 0 Å². The molecule has 3 heterocycles. The monoisotopic (exact) mass is 293 g/mol. The van der Waals surface area contributed by atoms with E-state index in [0.29, 0.717) is 11.7 Å². The fraction of sp³-hybridized carbons (Fsp3) is 0.429. The highest BCUT2D eigenvalue weighted by atomic mass is 35.5. The zero-order valence-corrected chi connectivity index (χ0v) is 11.8. The van der Waals surface area contributed by atoms with Crippen molar-refractivity contribution in [1.82, 2.24) is 15.5 Å². The van der Waals surface area contributed by atoms with Crippen molar-refractivity contribution in [3.8, 4) is 11.5 Å². The Balaban J connectivity index is 0.00000121. The Bertz CT molecular complexity index is 608. The Kier molecular flexibility index (Phi) is 3.74. The number of aromatic nitrogens is 2. The molecular weight excluding hydrogens is 278 g/mol. The first kappa shape index (κ1) is 13.5. The highest BCUT2D eigenvalue weighted by Crippen LogP contribution is 2.29. The summed E-state index contributed by atoms with van der Waals surface area (Å²) in [6.45, 7) is 2.65. The molecule has 0 aliphatic carbocycles. The summed E-state index contributed by atoms with van der Waals surface area (Å²) in [7, 11) is 0. The summed E-state index contributed by atoms with van der Waals surface area (Å²) in [5.74, 6) is 1.26. The lowest BCUT2D eigenvalue weighted by Crippen LogP contribution is -1.99. The fourth-order valence-electron chi connectivity index (χ4n) is 2.69. The average Bonchev–Trinajstić information content (AvgIpc) is 3.18. The van der Waals surface area contributed by atoms with Crippen LogP contribution in [0, 0.1) is 0 Å². The average molecular weight is 294 g/mol. The van der Waals surface area contributed by atoms with Gasteiger partial charge in [-0.15, -0.1) is 12.4 Å². The van der Waals surface area contributed by atoms with Gasteiger partial charge in [0.1, 0.15) is 6.10 Å². The molecule has 4 rings (SSSR count). The maximum atomic E-state index is 5.57.